The van der Waals surface area contributed by atoms with Gasteiger partial charge in [0.1, 0.15) is 0 Å². The highest BCUT2D eigenvalue weighted by Crippen LogP contribution is 1.91. The molecule has 0 aliphatic rings. The van der Waals surface area contributed by atoms with Gasteiger partial charge in [0.2, 0.25) is 5.91 Å². The fourth-order valence-electron chi connectivity index (χ4n) is 1.05. The minimum Gasteiger partial charge on any atom is -0.393 e. The van der Waals surface area contributed by atoms with Crippen LogP contribution in [0.15, 0.2) is 0 Å². The van der Waals surface area contributed by atoms with Gasteiger partial charge in [-0.1, -0.05) is 19.1 Å². The molecule has 1 amide bonds. The summed E-state index contributed by atoms with van der Waals surface area (Å²) in [5.41, 5.74) is 5.38. The molecule has 0 heterocycles. The van der Waals surface area contributed by atoms with Gasteiger partial charge in [-0.25, -0.2) is 0 Å². The van der Waals surface area contributed by atoms with Gasteiger partial charge in [-0.3, -0.25) is 9.69 Å². The first-order chi connectivity index (χ1) is 6.95. The van der Waals surface area contributed by atoms with Crippen LogP contribution in [0.1, 0.15) is 26.7 Å². The van der Waals surface area contributed by atoms with Gasteiger partial charge in [-0.05, 0) is 20.4 Å². The minimum atomic E-state index is 0.0507. The van der Waals surface area contributed by atoms with Crippen molar-refractivity contribution in [2.75, 3.05) is 20.1 Å². The molecule has 3 N–H and O–H groups in total. The van der Waals surface area contributed by atoms with Crippen LogP contribution in [0, 0.1) is 0 Å². The maximum atomic E-state index is 11.5. The predicted octanol–water partition coefficient (Wildman–Crippen LogP) is 0.509. The third-order valence-corrected chi connectivity index (χ3v) is 2.38. The number of nitrogens with two attached hydrogens (primary N) is 1. The van der Waals surface area contributed by atoms with Crippen molar-refractivity contribution in [1.29, 1.82) is 0 Å². The standard InChI is InChI=1S/C10H21N3OS/c1-4-8(2)12-10(14)7-13(3)6-5-9(11)15/h8H,4-7H2,1-3H3,(H2,11,15)(H,12,14). The molecule has 0 spiro atoms. The lowest BCUT2D eigenvalue weighted by molar-refractivity contribution is -0.122. The maximum absolute atomic E-state index is 11.5. The normalized spacial score (nSPS) is 12.5. The fourth-order valence-corrected chi connectivity index (χ4v) is 1.14. The summed E-state index contributed by atoms with van der Waals surface area (Å²) >= 11 is 4.77. The van der Waals surface area contributed by atoms with Crippen LogP contribution in [0.2, 0.25) is 0 Å². The second kappa shape index (κ2) is 7.59. The molecule has 15 heavy (non-hydrogen) atoms. The highest BCUT2D eigenvalue weighted by molar-refractivity contribution is 7.80. The van der Waals surface area contributed by atoms with Gasteiger partial charge in [0, 0.05) is 19.0 Å². The average Bonchev–Trinajstić information content (AvgIpc) is 2.14. The van der Waals surface area contributed by atoms with Gasteiger partial charge in [0.25, 0.3) is 0 Å². The molecule has 88 valence electrons. The van der Waals surface area contributed by atoms with Crippen LogP contribution in [0.5, 0.6) is 0 Å². The van der Waals surface area contributed by atoms with E-state index in [4.69, 9.17) is 18.0 Å². The zero-order valence-electron chi connectivity index (χ0n) is 9.75. The molecule has 1 atom stereocenters. The Morgan fingerprint density at radius 3 is 2.67 bits per heavy atom. The molecule has 0 aromatic carbocycles. The molecular formula is C10H21N3OS. The number of nitrogens with zero attached hydrogens (tertiary/aromatic N) is 1. The molecular weight excluding hydrogens is 210 g/mol. The number of thiocarbonyl (C=S) groups is 1. The molecule has 0 aliphatic carbocycles. The second-order valence-corrected chi connectivity index (χ2v) is 4.36. The number of rotatable bonds is 7. The van der Waals surface area contributed by atoms with Crippen molar-refractivity contribution >= 4 is 23.1 Å². The molecule has 0 radical (unpaired) electrons. The van der Waals surface area contributed by atoms with E-state index in [2.05, 4.69) is 5.32 Å². The molecule has 0 saturated carbocycles. The SMILES string of the molecule is CCC(C)NC(=O)CN(C)CCC(N)=S. The second-order valence-electron chi connectivity index (χ2n) is 3.83. The Morgan fingerprint density at radius 2 is 2.20 bits per heavy atom. The number of hydrogen-bond donors (Lipinski definition) is 2. The Morgan fingerprint density at radius 1 is 1.60 bits per heavy atom. The van der Waals surface area contributed by atoms with Crippen molar-refractivity contribution in [3.05, 3.63) is 0 Å². The number of amides is 1. The summed E-state index contributed by atoms with van der Waals surface area (Å²) in [4.78, 5) is 13.9. The summed E-state index contributed by atoms with van der Waals surface area (Å²) < 4.78 is 0. The Hall–Kier alpha value is -0.680. The van der Waals surface area contributed by atoms with Gasteiger partial charge in [0.05, 0.1) is 11.5 Å². The first-order valence-corrected chi connectivity index (χ1v) is 5.62. The quantitative estimate of drug-likeness (QED) is 0.627. The summed E-state index contributed by atoms with van der Waals surface area (Å²) in [6.07, 6.45) is 1.60. The summed E-state index contributed by atoms with van der Waals surface area (Å²) in [6, 6.07) is 0.237. The summed E-state index contributed by atoms with van der Waals surface area (Å²) in [5.74, 6) is 0.0507. The van der Waals surface area contributed by atoms with Crippen LogP contribution in [0.25, 0.3) is 0 Å². The number of nitrogens with one attached hydrogen (secondary N) is 1. The fraction of sp³-hybridized carbons (Fsp3) is 0.800. The molecule has 0 saturated heterocycles. The topological polar surface area (TPSA) is 58.4 Å². The summed E-state index contributed by atoms with van der Waals surface area (Å²) in [7, 11) is 1.88. The van der Waals surface area contributed by atoms with Gasteiger partial charge >= 0.3 is 0 Å². The number of likely N-dealkylation sites (N-methyl/N-ethyl adjacent to an activating group) is 1. The van der Waals surface area contributed by atoms with Crippen LogP contribution in [-0.2, 0) is 4.79 Å². The van der Waals surface area contributed by atoms with Gasteiger partial charge < -0.3 is 11.1 Å². The number of carbonyl (C=O) groups excluding carboxylic acids is 1. The lowest BCUT2D eigenvalue weighted by Gasteiger charge is -2.17. The van der Waals surface area contributed by atoms with Crippen LogP contribution < -0.4 is 11.1 Å². The average molecular weight is 231 g/mol. The highest BCUT2D eigenvalue weighted by Gasteiger charge is 2.08. The highest BCUT2D eigenvalue weighted by atomic mass is 32.1. The molecule has 0 fully saturated rings. The Kier molecular flexibility index (Phi) is 7.25. The van der Waals surface area contributed by atoms with E-state index < -0.39 is 0 Å². The van der Waals surface area contributed by atoms with Gasteiger partial charge in [-0.2, -0.15) is 0 Å². The molecule has 1 unspecified atom stereocenters. The molecule has 0 aromatic heterocycles. The Labute approximate surface area is 97.2 Å². The van der Waals surface area contributed by atoms with Gasteiger partial charge in [-0.15, -0.1) is 0 Å². The zero-order valence-corrected chi connectivity index (χ0v) is 10.6. The van der Waals surface area contributed by atoms with Crippen LogP contribution in [0.4, 0.5) is 0 Å². The van der Waals surface area contributed by atoms with E-state index in [1.165, 1.54) is 0 Å². The van der Waals surface area contributed by atoms with E-state index in [1.54, 1.807) is 0 Å². The van der Waals surface area contributed by atoms with E-state index in [9.17, 15) is 4.79 Å². The minimum absolute atomic E-state index is 0.0507. The number of hydrogen-bond acceptors (Lipinski definition) is 3. The molecule has 5 heteroatoms. The van der Waals surface area contributed by atoms with E-state index in [0.29, 0.717) is 18.0 Å². The molecule has 4 nitrogen and oxygen atoms in total. The van der Waals surface area contributed by atoms with Crippen molar-refractivity contribution < 1.29 is 4.79 Å². The van der Waals surface area contributed by atoms with E-state index in [0.717, 1.165) is 13.0 Å². The van der Waals surface area contributed by atoms with Crippen molar-refractivity contribution in [2.24, 2.45) is 5.73 Å². The molecule has 0 aromatic rings. The Bertz CT molecular complexity index is 221. The molecule has 0 rings (SSSR count). The Balaban J connectivity index is 3.71. The first kappa shape index (κ1) is 14.3. The largest absolute Gasteiger partial charge is 0.393 e. The number of carbonyl (C=O) groups is 1. The van der Waals surface area contributed by atoms with Crippen molar-refractivity contribution in [3.8, 4) is 0 Å². The third-order valence-electron chi connectivity index (χ3n) is 2.17. The summed E-state index contributed by atoms with van der Waals surface area (Å²) in [5, 5.41) is 2.90. The molecule has 0 aliphatic heterocycles. The maximum Gasteiger partial charge on any atom is 0.234 e. The molecule has 0 bridgehead atoms. The van der Waals surface area contributed by atoms with E-state index in [1.807, 2.05) is 25.8 Å². The lowest BCUT2D eigenvalue weighted by atomic mass is 10.2. The smallest absolute Gasteiger partial charge is 0.234 e. The lowest BCUT2D eigenvalue weighted by Crippen LogP contribution is -2.40. The van der Waals surface area contributed by atoms with Crippen molar-refractivity contribution in [2.45, 2.75) is 32.7 Å². The zero-order chi connectivity index (χ0) is 11.8. The van der Waals surface area contributed by atoms with E-state index in [-0.39, 0.29) is 11.9 Å². The third kappa shape index (κ3) is 8.32. The summed E-state index contributed by atoms with van der Waals surface area (Å²) in [6.45, 7) is 5.16. The van der Waals surface area contributed by atoms with Crippen molar-refractivity contribution in [3.63, 3.8) is 0 Å². The first-order valence-electron chi connectivity index (χ1n) is 5.22. The van der Waals surface area contributed by atoms with Crippen LogP contribution >= 0.6 is 12.2 Å². The monoisotopic (exact) mass is 231 g/mol. The van der Waals surface area contributed by atoms with E-state index >= 15 is 0 Å². The van der Waals surface area contributed by atoms with Crippen LogP contribution in [-0.4, -0.2) is 42.0 Å². The van der Waals surface area contributed by atoms with Crippen LogP contribution in [0.3, 0.4) is 0 Å². The predicted molar refractivity (Wildman–Crippen MR) is 66.8 cm³/mol. The van der Waals surface area contributed by atoms with Gasteiger partial charge in [0.15, 0.2) is 0 Å². The van der Waals surface area contributed by atoms with Crippen molar-refractivity contribution in [1.82, 2.24) is 10.2 Å².